The summed E-state index contributed by atoms with van der Waals surface area (Å²) >= 11 is 6.08. The molecule has 1 unspecified atom stereocenters. The summed E-state index contributed by atoms with van der Waals surface area (Å²) in [5.41, 5.74) is 0.679. The van der Waals surface area contributed by atoms with E-state index < -0.39 is 17.7 Å². The van der Waals surface area contributed by atoms with E-state index in [-0.39, 0.29) is 5.56 Å². The molecule has 2 nitrogen and oxygen atoms in total. The number of pyridine rings is 1. The number of hydrogen-bond donors (Lipinski definition) is 1. The van der Waals surface area contributed by atoms with E-state index in [9.17, 15) is 8.78 Å². The van der Waals surface area contributed by atoms with Crippen LogP contribution in [0.1, 0.15) is 24.2 Å². The van der Waals surface area contributed by atoms with Crippen molar-refractivity contribution in [3.63, 3.8) is 0 Å². The Bertz CT molecular complexity index is 575. The van der Waals surface area contributed by atoms with Gasteiger partial charge >= 0.3 is 0 Å². The van der Waals surface area contributed by atoms with Crippen LogP contribution in [0.15, 0.2) is 36.5 Å². The summed E-state index contributed by atoms with van der Waals surface area (Å²) < 4.78 is 27.2. The molecule has 0 amide bonds. The number of nitrogens with one attached hydrogen (secondary N) is 1. The number of aromatic nitrogens is 1. The van der Waals surface area contributed by atoms with Gasteiger partial charge in [-0.1, -0.05) is 18.5 Å². The van der Waals surface area contributed by atoms with Crippen molar-refractivity contribution in [2.75, 3.05) is 6.54 Å². The van der Waals surface area contributed by atoms with Gasteiger partial charge < -0.3 is 5.32 Å². The molecule has 0 aliphatic rings. The van der Waals surface area contributed by atoms with Gasteiger partial charge in [0, 0.05) is 11.8 Å². The zero-order chi connectivity index (χ0) is 13.8. The molecule has 2 aromatic rings. The van der Waals surface area contributed by atoms with Crippen LogP contribution >= 0.6 is 11.6 Å². The van der Waals surface area contributed by atoms with E-state index in [1.54, 1.807) is 18.3 Å². The lowest BCUT2D eigenvalue weighted by Gasteiger charge is -2.19. The van der Waals surface area contributed by atoms with Crippen LogP contribution < -0.4 is 5.32 Å². The van der Waals surface area contributed by atoms with Crippen LogP contribution in [0.3, 0.4) is 0 Å². The first-order valence-corrected chi connectivity index (χ1v) is 6.30. The van der Waals surface area contributed by atoms with Crippen LogP contribution in [0.4, 0.5) is 8.78 Å². The number of nitrogens with zero attached hydrogens (tertiary/aromatic N) is 1. The average molecular weight is 283 g/mol. The van der Waals surface area contributed by atoms with Crippen molar-refractivity contribution in [3.8, 4) is 0 Å². The molecule has 0 fully saturated rings. The third kappa shape index (κ3) is 3.08. The van der Waals surface area contributed by atoms with Crippen LogP contribution in [-0.4, -0.2) is 11.5 Å². The monoisotopic (exact) mass is 282 g/mol. The molecule has 1 aromatic heterocycles. The van der Waals surface area contributed by atoms with E-state index in [0.29, 0.717) is 17.3 Å². The van der Waals surface area contributed by atoms with Gasteiger partial charge in [0.2, 0.25) is 0 Å². The minimum absolute atomic E-state index is 0.197. The standard InChI is InChI=1S/C14H13ClF2N2/c1-2-18-13(14-11(15)4-3-7-19-14)10-8-9(16)5-6-12(10)17/h3-8,13,18H,2H2,1H3. The number of benzene rings is 1. The predicted octanol–water partition coefficient (Wildman–Crippen LogP) is 3.71. The smallest absolute Gasteiger partial charge is 0.128 e. The van der Waals surface area contributed by atoms with Gasteiger partial charge in [-0.05, 0) is 36.9 Å². The minimum Gasteiger partial charge on any atom is -0.305 e. The minimum atomic E-state index is -0.575. The SMILES string of the molecule is CCNC(c1cc(F)ccc1F)c1ncccc1Cl. The van der Waals surface area contributed by atoms with Crippen LogP contribution in [0.25, 0.3) is 0 Å². The highest BCUT2D eigenvalue weighted by Crippen LogP contribution is 2.28. The molecule has 5 heteroatoms. The third-order valence-corrected chi connectivity index (χ3v) is 3.06. The zero-order valence-corrected chi connectivity index (χ0v) is 11.1. The first-order chi connectivity index (χ1) is 9.13. The van der Waals surface area contributed by atoms with Crippen LogP contribution in [-0.2, 0) is 0 Å². The van der Waals surface area contributed by atoms with E-state index in [4.69, 9.17) is 11.6 Å². The highest BCUT2D eigenvalue weighted by atomic mass is 35.5. The summed E-state index contributed by atoms with van der Waals surface area (Å²) in [6.45, 7) is 2.45. The van der Waals surface area contributed by atoms with Gasteiger partial charge in [-0.2, -0.15) is 0 Å². The van der Waals surface area contributed by atoms with E-state index in [1.807, 2.05) is 6.92 Å². The van der Waals surface area contributed by atoms with Gasteiger partial charge in [0.05, 0.1) is 16.8 Å². The molecule has 0 saturated carbocycles. The summed E-state index contributed by atoms with van der Waals surface area (Å²) in [7, 11) is 0. The van der Waals surface area contributed by atoms with Gasteiger partial charge in [-0.25, -0.2) is 8.78 Å². The van der Waals surface area contributed by atoms with Crippen LogP contribution in [0.5, 0.6) is 0 Å². The molecule has 1 heterocycles. The Hall–Kier alpha value is -1.52. The lowest BCUT2D eigenvalue weighted by atomic mass is 10.0. The Morgan fingerprint density at radius 2 is 2.11 bits per heavy atom. The van der Waals surface area contributed by atoms with Crippen LogP contribution in [0, 0.1) is 11.6 Å². The fraction of sp³-hybridized carbons (Fsp3) is 0.214. The second-order valence-electron chi connectivity index (χ2n) is 4.03. The molecule has 0 spiro atoms. The zero-order valence-electron chi connectivity index (χ0n) is 10.3. The highest BCUT2D eigenvalue weighted by Gasteiger charge is 2.21. The summed E-state index contributed by atoms with van der Waals surface area (Å²) in [5.74, 6) is -0.986. The van der Waals surface area contributed by atoms with Gasteiger partial charge in [-0.15, -0.1) is 0 Å². The molecular formula is C14H13ClF2N2. The highest BCUT2D eigenvalue weighted by molar-refractivity contribution is 6.31. The van der Waals surface area contributed by atoms with Gasteiger partial charge in [0.1, 0.15) is 11.6 Å². The maximum absolute atomic E-state index is 13.9. The van der Waals surface area contributed by atoms with Crippen molar-refractivity contribution < 1.29 is 8.78 Å². The molecule has 0 bridgehead atoms. The topological polar surface area (TPSA) is 24.9 Å². The molecule has 100 valence electrons. The van der Waals surface area contributed by atoms with E-state index in [2.05, 4.69) is 10.3 Å². The fourth-order valence-corrected chi connectivity index (χ4v) is 2.13. The lowest BCUT2D eigenvalue weighted by molar-refractivity contribution is 0.539. The van der Waals surface area contributed by atoms with Gasteiger partial charge in [-0.3, -0.25) is 4.98 Å². The molecule has 0 aliphatic carbocycles. The predicted molar refractivity (Wildman–Crippen MR) is 71.1 cm³/mol. The van der Waals surface area contributed by atoms with Crippen molar-refractivity contribution in [1.82, 2.24) is 10.3 Å². The van der Waals surface area contributed by atoms with E-state index in [0.717, 1.165) is 18.2 Å². The van der Waals surface area contributed by atoms with E-state index in [1.165, 1.54) is 0 Å². The Morgan fingerprint density at radius 3 is 2.79 bits per heavy atom. The number of halogens is 3. The average Bonchev–Trinajstić information content (AvgIpc) is 2.40. The summed E-state index contributed by atoms with van der Waals surface area (Å²) in [5, 5.41) is 3.48. The lowest BCUT2D eigenvalue weighted by Crippen LogP contribution is -2.24. The van der Waals surface area contributed by atoms with Crippen molar-refractivity contribution >= 4 is 11.6 Å². The van der Waals surface area contributed by atoms with Crippen molar-refractivity contribution in [2.24, 2.45) is 0 Å². The molecule has 19 heavy (non-hydrogen) atoms. The quantitative estimate of drug-likeness (QED) is 0.925. The molecule has 0 aliphatic heterocycles. The Labute approximate surface area is 115 Å². The second-order valence-corrected chi connectivity index (χ2v) is 4.43. The number of rotatable bonds is 4. The van der Waals surface area contributed by atoms with Gasteiger partial charge in [0.25, 0.3) is 0 Å². The maximum Gasteiger partial charge on any atom is 0.128 e. The third-order valence-electron chi connectivity index (χ3n) is 2.74. The maximum atomic E-state index is 13.9. The Balaban J connectivity index is 2.51. The summed E-state index contributed by atoms with van der Waals surface area (Å²) in [4.78, 5) is 4.16. The molecule has 1 atom stereocenters. The molecule has 1 N–H and O–H groups in total. The van der Waals surface area contributed by atoms with Crippen molar-refractivity contribution in [2.45, 2.75) is 13.0 Å². The van der Waals surface area contributed by atoms with Gasteiger partial charge in [0.15, 0.2) is 0 Å². The van der Waals surface area contributed by atoms with Crippen molar-refractivity contribution in [3.05, 3.63) is 64.4 Å². The molecular weight excluding hydrogens is 270 g/mol. The fourth-order valence-electron chi connectivity index (χ4n) is 1.90. The first-order valence-electron chi connectivity index (χ1n) is 5.92. The number of hydrogen-bond acceptors (Lipinski definition) is 2. The Morgan fingerprint density at radius 1 is 1.32 bits per heavy atom. The normalized spacial score (nSPS) is 12.4. The van der Waals surface area contributed by atoms with Crippen LogP contribution in [0.2, 0.25) is 5.02 Å². The first kappa shape index (κ1) is 13.9. The summed E-state index contributed by atoms with van der Waals surface area (Å²) in [6.07, 6.45) is 1.57. The van der Waals surface area contributed by atoms with E-state index >= 15 is 0 Å². The molecule has 1 aromatic carbocycles. The second kappa shape index (κ2) is 6.08. The largest absolute Gasteiger partial charge is 0.305 e. The Kier molecular flexibility index (Phi) is 4.45. The molecule has 0 radical (unpaired) electrons. The molecule has 2 rings (SSSR count). The van der Waals surface area contributed by atoms with Crippen molar-refractivity contribution in [1.29, 1.82) is 0 Å². The summed E-state index contributed by atoms with van der Waals surface area (Å²) in [6, 6.07) is 6.14. The molecule has 0 saturated heterocycles.